The number of nitrogens with zero attached hydrogens (tertiary/aromatic N) is 4. The molecular formula is C20H23N5O5S. The van der Waals surface area contributed by atoms with E-state index >= 15 is 0 Å². The Kier molecular flexibility index (Phi) is 6.66. The fourth-order valence-corrected chi connectivity index (χ4v) is 4.52. The van der Waals surface area contributed by atoms with Gasteiger partial charge in [-0.05, 0) is 18.2 Å². The number of nitrogens with one attached hydrogen (secondary N) is 1. The first-order valence-corrected chi connectivity index (χ1v) is 11.1. The Morgan fingerprint density at radius 1 is 1.16 bits per heavy atom. The molecule has 11 heteroatoms. The van der Waals surface area contributed by atoms with Crippen LogP contribution in [0.5, 0.6) is 0 Å². The first-order valence-electron chi connectivity index (χ1n) is 9.66. The summed E-state index contributed by atoms with van der Waals surface area (Å²) in [5.74, 6) is 0.193. The van der Waals surface area contributed by atoms with Crippen LogP contribution in [0.25, 0.3) is 11.4 Å². The molecule has 31 heavy (non-hydrogen) atoms. The predicted molar refractivity (Wildman–Crippen MR) is 114 cm³/mol. The highest BCUT2D eigenvalue weighted by molar-refractivity contribution is 7.89. The molecule has 3 rings (SSSR count). The van der Waals surface area contributed by atoms with Gasteiger partial charge in [0, 0.05) is 37.8 Å². The van der Waals surface area contributed by atoms with Crippen molar-refractivity contribution in [2.45, 2.75) is 32.2 Å². The lowest BCUT2D eigenvalue weighted by Gasteiger charge is -2.19. The van der Waals surface area contributed by atoms with Gasteiger partial charge >= 0.3 is 0 Å². The smallest absolute Gasteiger partial charge is 0.251 e. The van der Waals surface area contributed by atoms with E-state index in [4.69, 9.17) is 4.52 Å². The zero-order valence-corrected chi connectivity index (χ0v) is 18.2. The zero-order chi connectivity index (χ0) is 22.6. The number of benzene rings is 1. The summed E-state index contributed by atoms with van der Waals surface area (Å²) in [4.78, 5) is 29.0. The summed E-state index contributed by atoms with van der Waals surface area (Å²) in [7, 11) is -3.76. The predicted octanol–water partition coefficient (Wildman–Crippen LogP) is 1.88. The molecule has 0 aliphatic carbocycles. The van der Waals surface area contributed by atoms with Crippen LogP contribution in [0.15, 0.2) is 56.8 Å². The SMILES string of the molecule is CCN(CC)S(=O)(=O)c1ccc(=O)n(CC(=O)Nc2ccccc2-c2noc(C)n2)c1. The third-order valence-electron chi connectivity index (χ3n) is 4.58. The van der Waals surface area contributed by atoms with Gasteiger partial charge in [0.25, 0.3) is 5.56 Å². The number of pyridine rings is 1. The number of para-hydroxylation sites is 1. The van der Waals surface area contributed by atoms with Gasteiger partial charge in [-0.3, -0.25) is 9.59 Å². The van der Waals surface area contributed by atoms with Crippen molar-refractivity contribution >= 4 is 21.6 Å². The molecule has 3 aromatic rings. The van der Waals surface area contributed by atoms with Gasteiger partial charge in [-0.25, -0.2) is 8.42 Å². The number of carbonyl (C=O) groups excluding carboxylic acids is 1. The molecule has 1 N–H and O–H groups in total. The molecule has 1 amide bonds. The van der Waals surface area contributed by atoms with Gasteiger partial charge in [-0.1, -0.05) is 31.1 Å². The van der Waals surface area contributed by atoms with Crippen LogP contribution in [-0.4, -0.2) is 46.4 Å². The first kappa shape index (κ1) is 22.4. The number of rotatable bonds is 8. The second kappa shape index (κ2) is 9.23. The number of sulfonamides is 1. The van der Waals surface area contributed by atoms with E-state index in [1.54, 1.807) is 45.0 Å². The number of amides is 1. The standard InChI is InChI=1S/C20H23N5O5S/c1-4-25(5-2)31(28,29)15-10-11-19(27)24(12-15)13-18(26)22-17-9-7-6-8-16(17)20-21-14(3)30-23-20/h6-12H,4-5,13H2,1-3H3,(H,22,26). The molecule has 0 spiro atoms. The van der Waals surface area contributed by atoms with E-state index in [1.165, 1.54) is 16.6 Å². The molecule has 0 unspecified atom stereocenters. The Morgan fingerprint density at radius 3 is 2.52 bits per heavy atom. The van der Waals surface area contributed by atoms with E-state index in [9.17, 15) is 18.0 Å². The summed E-state index contributed by atoms with van der Waals surface area (Å²) >= 11 is 0. The average molecular weight is 446 g/mol. The summed E-state index contributed by atoms with van der Waals surface area (Å²) in [6, 6.07) is 9.28. The van der Waals surface area contributed by atoms with Crippen molar-refractivity contribution < 1.29 is 17.7 Å². The maximum Gasteiger partial charge on any atom is 0.251 e. The Balaban J connectivity index is 1.85. The highest BCUT2D eigenvalue weighted by Gasteiger charge is 2.22. The third-order valence-corrected chi connectivity index (χ3v) is 6.62. The van der Waals surface area contributed by atoms with Crippen LogP contribution in [0.1, 0.15) is 19.7 Å². The lowest BCUT2D eigenvalue weighted by molar-refractivity contribution is -0.116. The topological polar surface area (TPSA) is 127 Å². The lowest BCUT2D eigenvalue weighted by atomic mass is 10.1. The number of aromatic nitrogens is 3. The molecule has 164 valence electrons. The van der Waals surface area contributed by atoms with Crippen molar-refractivity contribution in [3.8, 4) is 11.4 Å². The number of anilines is 1. The van der Waals surface area contributed by atoms with Crippen LogP contribution >= 0.6 is 0 Å². The molecule has 0 fully saturated rings. The number of hydrogen-bond acceptors (Lipinski definition) is 7. The van der Waals surface area contributed by atoms with Crippen LogP contribution < -0.4 is 10.9 Å². The molecule has 0 bridgehead atoms. The summed E-state index contributed by atoms with van der Waals surface area (Å²) in [5, 5.41) is 6.58. The second-order valence-electron chi connectivity index (χ2n) is 6.65. The molecule has 0 saturated heterocycles. The fourth-order valence-electron chi connectivity index (χ4n) is 3.04. The molecule has 2 aromatic heterocycles. The van der Waals surface area contributed by atoms with E-state index in [2.05, 4.69) is 15.5 Å². The van der Waals surface area contributed by atoms with Gasteiger partial charge in [0.05, 0.1) is 10.6 Å². The number of hydrogen-bond donors (Lipinski definition) is 1. The highest BCUT2D eigenvalue weighted by atomic mass is 32.2. The normalized spacial score (nSPS) is 11.6. The summed E-state index contributed by atoms with van der Waals surface area (Å²) < 4.78 is 32.8. The van der Waals surface area contributed by atoms with Gasteiger partial charge in [0.1, 0.15) is 6.54 Å². The number of carbonyl (C=O) groups is 1. The molecule has 0 aliphatic rings. The van der Waals surface area contributed by atoms with Crippen LogP contribution in [0, 0.1) is 6.92 Å². The van der Waals surface area contributed by atoms with Crippen LogP contribution in [0.2, 0.25) is 0 Å². The Bertz CT molecular complexity index is 1240. The van der Waals surface area contributed by atoms with Crippen LogP contribution in [0.3, 0.4) is 0 Å². The fraction of sp³-hybridized carbons (Fsp3) is 0.300. The van der Waals surface area contributed by atoms with Crippen LogP contribution in [-0.2, 0) is 21.4 Å². The Labute approximate surface area is 179 Å². The van der Waals surface area contributed by atoms with Gasteiger partial charge < -0.3 is 14.4 Å². The van der Waals surface area contributed by atoms with E-state index in [1.807, 2.05) is 0 Å². The van der Waals surface area contributed by atoms with Gasteiger partial charge in [0.15, 0.2) is 0 Å². The van der Waals surface area contributed by atoms with Crippen molar-refractivity contribution in [1.82, 2.24) is 19.0 Å². The Morgan fingerprint density at radius 2 is 1.87 bits per heavy atom. The Hall–Kier alpha value is -3.31. The first-order chi connectivity index (χ1) is 14.8. The van der Waals surface area contributed by atoms with Crippen molar-refractivity contribution in [1.29, 1.82) is 0 Å². The molecule has 0 atom stereocenters. The quantitative estimate of drug-likeness (QED) is 0.561. The lowest BCUT2D eigenvalue weighted by Crippen LogP contribution is -2.33. The van der Waals surface area contributed by atoms with Crippen molar-refractivity contribution in [2.24, 2.45) is 0 Å². The van der Waals surface area contributed by atoms with Crippen molar-refractivity contribution in [2.75, 3.05) is 18.4 Å². The summed E-state index contributed by atoms with van der Waals surface area (Å²) in [6.45, 7) is 5.35. The van der Waals surface area contributed by atoms with E-state index in [0.29, 0.717) is 36.1 Å². The molecule has 0 aliphatic heterocycles. The molecule has 10 nitrogen and oxygen atoms in total. The minimum Gasteiger partial charge on any atom is -0.339 e. The molecule has 1 aromatic carbocycles. The van der Waals surface area contributed by atoms with Crippen molar-refractivity contribution in [3.05, 3.63) is 58.8 Å². The molecule has 2 heterocycles. The molecule has 0 radical (unpaired) electrons. The maximum absolute atomic E-state index is 12.7. The largest absolute Gasteiger partial charge is 0.339 e. The summed E-state index contributed by atoms with van der Waals surface area (Å²) in [6.07, 6.45) is 1.18. The highest BCUT2D eigenvalue weighted by Crippen LogP contribution is 2.25. The van der Waals surface area contributed by atoms with Crippen molar-refractivity contribution in [3.63, 3.8) is 0 Å². The monoisotopic (exact) mass is 445 g/mol. The molecule has 0 saturated carbocycles. The van der Waals surface area contributed by atoms with Gasteiger partial charge in [-0.2, -0.15) is 9.29 Å². The maximum atomic E-state index is 12.7. The summed E-state index contributed by atoms with van der Waals surface area (Å²) in [5.41, 5.74) is 0.502. The average Bonchev–Trinajstić information content (AvgIpc) is 3.16. The minimum atomic E-state index is -3.76. The molecular weight excluding hydrogens is 422 g/mol. The number of aryl methyl sites for hydroxylation is 1. The van der Waals surface area contributed by atoms with E-state index < -0.39 is 21.5 Å². The van der Waals surface area contributed by atoms with E-state index in [-0.39, 0.29) is 11.4 Å². The van der Waals surface area contributed by atoms with Gasteiger partial charge in [0.2, 0.25) is 27.6 Å². The zero-order valence-electron chi connectivity index (χ0n) is 17.4. The second-order valence-corrected chi connectivity index (χ2v) is 8.59. The van der Waals surface area contributed by atoms with E-state index in [0.717, 1.165) is 10.6 Å². The van der Waals surface area contributed by atoms with Gasteiger partial charge in [-0.15, -0.1) is 0 Å². The van der Waals surface area contributed by atoms with Crippen LogP contribution in [0.4, 0.5) is 5.69 Å². The minimum absolute atomic E-state index is 0.0497. The third kappa shape index (κ3) is 4.89.